The van der Waals surface area contributed by atoms with E-state index in [0.29, 0.717) is 11.4 Å². The molecule has 1 fully saturated rings. The van der Waals surface area contributed by atoms with Crippen molar-refractivity contribution in [2.24, 2.45) is 0 Å². The molecule has 0 amide bonds. The largest absolute Gasteiger partial charge is 0.378 e. The third kappa shape index (κ3) is 3.87. The number of hydrogen-bond donors (Lipinski definition) is 1. The number of benzene rings is 2. The van der Waals surface area contributed by atoms with Crippen molar-refractivity contribution in [3.63, 3.8) is 0 Å². The van der Waals surface area contributed by atoms with Crippen LogP contribution < -0.4 is 10.2 Å². The van der Waals surface area contributed by atoms with Gasteiger partial charge in [0.1, 0.15) is 0 Å². The lowest BCUT2D eigenvalue weighted by Crippen LogP contribution is -2.36. The third-order valence-corrected chi connectivity index (χ3v) is 5.50. The van der Waals surface area contributed by atoms with Crippen LogP contribution in [0.3, 0.4) is 0 Å². The van der Waals surface area contributed by atoms with Gasteiger partial charge in [-0.15, -0.1) is 0 Å². The molecule has 4 aromatic rings. The van der Waals surface area contributed by atoms with Crippen LogP contribution in [0.1, 0.15) is 17.3 Å². The van der Waals surface area contributed by atoms with Crippen LogP contribution in [0.15, 0.2) is 67.1 Å². The highest BCUT2D eigenvalue weighted by Gasteiger charge is 2.13. The Morgan fingerprint density at radius 3 is 2.65 bits per heavy atom. The number of anilines is 3. The van der Waals surface area contributed by atoms with Crippen molar-refractivity contribution in [3.05, 3.63) is 72.7 Å². The summed E-state index contributed by atoms with van der Waals surface area (Å²) >= 11 is 0. The molecule has 0 aliphatic carbocycles. The van der Waals surface area contributed by atoms with Crippen molar-refractivity contribution >= 4 is 28.6 Å². The quantitative estimate of drug-likeness (QED) is 0.495. The number of fused-ring (bicyclic) bond motifs is 1. The fraction of sp³-hybridized carbons (Fsp3) is 0.208. The average molecular weight is 413 g/mol. The van der Waals surface area contributed by atoms with E-state index >= 15 is 0 Å². The van der Waals surface area contributed by atoms with E-state index < -0.39 is 0 Å². The standard InChI is InChI=1S/C24H23N5O2/c1-17(30)18-3-2-4-19(15-18)22-16-26-23(24-25-9-10-29(22)24)27-20-5-7-21(8-6-20)28-11-13-31-14-12-28/h2-10,15-16H,11-14H2,1H3,(H,26,27). The third-order valence-electron chi connectivity index (χ3n) is 5.50. The van der Waals surface area contributed by atoms with Gasteiger partial charge in [-0.05, 0) is 37.3 Å². The molecule has 0 unspecified atom stereocenters. The van der Waals surface area contributed by atoms with Crippen LogP contribution >= 0.6 is 0 Å². The molecule has 0 atom stereocenters. The Morgan fingerprint density at radius 2 is 1.87 bits per heavy atom. The van der Waals surface area contributed by atoms with Gasteiger partial charge < -0.3 is 15.0 Å². The summed E-state index contributed by atoms with van der Waals surface area (Å²) in [4.78, 5) is 23.2. The van der Waals surface area contributed by atoms with Crippen molar-refractivity contribution in [2.45, 2.75) is 6.92 Å². The first-order chi connectivity index (χ1) is 15.2. The summed E-state index contributed by atoms with van der Waals surface area (Å²) in [5.74, 6) is 0.714. The van der Waals surface area contributed by atoms with Crippen LogP contribution in [0.5, 0.6) is 0 Å². The van der Waals surface area contributed by atoms with Gasteiger partial charge >= 0.3 is 0 Å². The first-order valence-corrected chi connectivity index (χ1v) is 10.3. The predicted molar refractivity (Wildman–Crippen MR) is 121 cm³/mol. The maximum atomic E-state index is 11.8. The molecular weight excluding hydrogens is 390 g/mol. The van der Waals surface area contributed by atoms with Gasteiger partial charge in [-0.1, -0.05) is 18.2 Å². The predicted octanol–water partition coefficient (Wildman–Crippen LogP) is 4.18. The SMILES string of the molecule is CC(=O)c1cccc(-c2cnc(Nc3ccc(N4CCOCC4)cc3)c3nccn23)c1. The summed E-state index contributed by atoms with van der Waals surface area (Å²) in [5.41, 5.74) is 5.33. The molecule has 1 saturated heterocycles. The molecule has 1 N–H and O–H groups in total. The van der Waals surface area contributed by atoms with E-state index in [2.05, 4.69) is 44.5 Å². The van der Waals surface area contributed by atoms with E-state index in [9.17, 15) is 4.79 Å². The zero-order chi connectivity index (χ0) is 21.2. The molecule has 0 spiro atoms. The number of morpholine rings is 1. The number of ketones is 1. The molecule has 1 aliphatic rings. The second-order valence-electron chi connectivity index (χ2n) is 7.52. The van der Waals surface area contributed by atoms with Crippen molar-refractivity contribution in [2.75, 3.05) is 36.5 Å². The van der Waals surface area contributed by atoms with Gasteiger partial charge in [0.25, 0.3) is 0 Å². The van der Waals surface area contributed by atoms with Gasteiger partial charge in [0.2, 0.25) is 0 Å². The van der Waals surface area contributed by atoms with Crippen LogP contribution in [-0.4, -0.2) is 46.5 Å². The second-order valence-corrected chi connectivity index (χ2v) is 7.52. The average Bonchev–Trinajstić information content (AvgIpc) is 3.31. The van der Waals surface area contributed by atoms with Crippen LogP contribution in [-0.2, 0) is 4.74 Å². The maximum Gasteiger partial charge on any atom is 0.180 e. The Labute approximate surface area is 180 Å². The van der Waals surface area contributed by atoms with E-state index in [-0.39, 0.29) is 5.78 Å². The molecule has 2 aromatic carbocycles. The molecule has 0 radical (unpaired) electrons. The van der Waals surface area contributed by atoms with Crippen molar-refractivity contribution < 1.29 is 9.53 Å². The van der Waals surface area contributed by atoms with Crippen molar-refractivity contribution in [1.29, 1.82) is 0 Å². The number of carbonyl (C=O) groups excluding carboxylic acids is 1. The molecule has 3 heterocycles. The Hall–Kier alpha value is -3.71. The lowest BCUT2D eigenvalue weighted by atomic mass is 10.1. The first-order valence-electron chi connectivity index (χ1n) is 10.3. The molecule has 156 valence electrons. The van der Waals surface area contributed by atoms with Gasteiger partial charge in [0, 0.05) is 48.0 Å². The molecule has 31 heavy (non-hydrogen) atoms. The number of imidazole rings is 1. The van der Waals surface area contributed by atoms with Crippen LogP contribution in [0.25, 0.3) is 16.9 Å². The van der Waals surface area contributed by atoms with E-state index in [1.165, 1.54) is 5.69 Å². The van der Waals surface area contributed by atoms with Gasteiger partial charge in [0.05, 0.1) is 25.1 Å². The normalized spacial score (nSPS) is 14.0. The Kier molecular flexibility index (Phi) is 5.09. The Morgan fingerprint density at radius 1 is 1.06 bits per heavy atom. The molecular formula is C24H23N5O2. The zero-order valence-electron chi connectivity index (χ0n) is 17.3. The Bertz CT molecular complexity index is 1230. The number of nitrogens with zero attached hydrogens (tertiary/aromatic N) is 4. The van der Waals surface area contributed by atoms with E-state index in [1.54, 1.807) is 19.3 Å². The van der Waals surface area contributed by atoms with Crippen molar-refractivity contribution in [3.8, 4) is 11.3 Å². The maximum absolute atomic E-state index is 11.8. The minimum Gasteiger partial charge on any atom is -0.378 e. The van der Waals surface area contributed by atoms with E-state index in [0.717, 1.165) is 48.9 Å². The molecule has 7 nitrogen and oxygen atoms in total. The fourth-order valence-electron chi connectivity index (χ4n) is 3.83. The Balaban J connectivity index is 1.43. The summed E-state index contributed by atoms with van der Waals surface area (Å²) < 4.78 is 7.41. The van der Waals surface area contributed by atoms with Crippen LogP contribution in [0, 0.1) is 0 Å². The minimum atomic E-state index is 0.0375. The topological polar surface area (TPSA) is 71.8 Å². The smallest absolute Gasteiger partial charge is 0.180 e. The number of nitrogens with one attached hydrogen (secondary N) is 1. The molecule has 0 saturated carbocycles. The van der Waals surface area contributed by atoms with Gasteiger partial charge in [-0.25, -0.2) is 9.97 Å². The molecule has 0 bridgehead atoms. The highest BCUT2D eigenvalue weighted by Crippen LogP contribution is 2.27. The summed E-state index contributed by atoms with van der Waals surface area (Å²) in [5, 5.41) is 3.38. The zero-order valence-corrected chi connectivity index (χ0v) is 17.3. The number of Topliss-reactive ketones (excluding diaryl/α,β-unsaturated/α-hetero) is 1. The molecule has 2 aromatic heterocycles. The highest BCUT2D eigenvalue weighted by molar-refractivity contribution is 5.95. The van der Waals surface area contributed by atoms with Crippen LogP contribution in [0.4, 0.5) is 17.2 Å². The number of ether oxygens (including phenoxy) is 1. The number of carbonyl (C=O) groups is 1. The first kappa shape index (κ1) is 19.3. The summed E-state index contributed by atoms with van der Waals surface area (Å²) in [7, 11) is 0. The minimum absolute atomic E-state index is 0.0375. The second kappa shape index (κ2) is 8.20. The summed E-state index contributed by atoms with van der Waals surface area (Å²) in [6.07, 6.45) is 5.46. The van der Waals surface area contributed by atoms with Gasteiger partial charge in [-0.2, -0.15) is 0 Å². The van der Waals surface area contributed by atoms with E-state index in [4.69, 9.17) is 4.74 Å². The number of rotatable bonds is 5. The summed E-state index contributed by atoms with van der Waals surface area (Å²) in [6, 6.07) is 15.9. The van der Waals surface area contributed by atoms with Gasteiger partial charge in [-0.3, -0.25) is 9.20 Å². The number of aromatic nitrogens is 3. The van der Waals surface area contributed by atoms with Crippen molar-refractivity contribution in [1.82, 2.24) is 14.4 Å². The molecule has 1 aliphatic heterocycles. The highest BCUT2D eigenvalue weighted by atomic mass is 16.5. The summed E-state index contributed by atoms with van der Waals surface area (Å²) in [6.45, 7) is 4.93. The molecule has 5 rings (SSSR count). The van der Waals surface area contributed by atoms with E-state index in [1.807, 2.05) is 34.9 Å². The monoisotopic (exact) mass is 413 g/mol. The lowest BCUT2D eigenvalue weighted by molar-refractivity contribution is 0.101. The number of hydrogen-bond acceptors (Lipinski definition) is 6. The molecule has 7 heteroatoms. The fourth-order valence-corrected chi connectivity index (χ4v) is 3.83. The van der Waals surface area contributed by atoms with Crippen LogP contribution in [0.2, 0.25) is 0 Å². The lowest BCUT2D eigenvalue weighted by Gasteiger charge is -2.28. The van der Waals surface area contributed by atoms with Gasteiger partial charge in [0.15, 0.2) is 17.2 Å².